The summed E-state index contributed by atoms with van der Waals surface area (Å²) in [7, 11) is 3.17. The Balaban J connectivity index is 2.92. The number of thioether (sulfide) groups is 1. The number of pyridine rings is 1. The zero-order valence-corrected chi connectivity index (χ0v) is 14.0. The van der Waals surface area contributed by atoms with E-state index in [1.807, 2.05) is 0 Å². The van der Waals surface area contributed by atoms with Gasteiger partial charge in [-0.2, -0.15) is 0 Å². The SMILES string of the molecule is CCc1cnc2c(c1S[C@H](C)CC)c(=O)n(C)c(=O)n2C. The van der Waals surface area contributed by atoms with Crippen molar-refractivity contribution in [2.24, 2.45) is 14.1 Å². The van der Waals surface area contributed by atoms with Crippen molar-refractivity contribution < 1.29 is 0 Å². The lowest BCUT2D eigenvalue weighted by Gasteiger charge is -2.16. The lowest BCUT2D eigenvalue weighted by molar-refractivity contribution is 0.704. The number of rotatable bonds is 4. The summed E-state index contributed by atoms with van der Waals surface area (Å²) in [4.78, 5) is 29.9. The summed E-state index contributed by atoms with van der Waals surface area (Å²) in [5, 5.41) is 0.965. The van der Waals surface area contributed by atoms with E-state index in [0.717, 1.165) is 27.9 Å². The van der Waals surface area contributed by atoms with E-state index in [2.05, 4.69) is 25.8 Å². The zero-order valence-electron chi connectivity index (χ0n) is 13.1. The number of fused-ring (bicyclic) bond motifs is 1. The second kappa shape index (κ2) is 6.05. The molecule has 0 aliphatic rings. The van der Waals surface area contributed by atoms with Gasteiger partial charge in [0.25, 0.3) is 5.56 Å². The van der Waals surface area contributed by atoms with Gasteiger partial charge in [0.1, 0.15) is 5.65 Å². The molecule has 2 heterocycles. The van der Waals surface area contributed by atoms with Gasteiger partial charge >= 0.3 is 5.69 Å². The highest BCUT2D eigenvalue weighted by atomic mass is 32.2. The summed E-state index contributed by atoms with van der Waals surface area (Å²) < 4.78 is 2.60. The number of hydrogen-bond donors (Lipinski definition) is 0. The molecule has 2 rings (SSSR count). The van der Waals surface area contributed by atoms with Crippen LogP contribution in [0.2, 0.25) is 0 Å². The molecule has 6 heteroatoms. The highest BCUT2D eigenvalue weighted by molar-refractivity contribution is 8.00. The first kappa shape index (κ1) is 15.8. The molecule has 0 aliphatic heterocycles. The molecule has 0 fully saturated rings. The molecular weight excluding hydrogens is 286 g/mol. The molecule has 1 atom stereocenters. The number of nitrogens with zero attached hydrogens (tertiary/aromatic N) is 3. The molecule has 0 saturated heterocycles. The molecule has 0 aromatic carbocycles. The van der Waals surface area contributed by atoms with E-state index >= 15 is 0 Å². The smallest absolute Gasteiger partial charge is 0.280 e. The molecule has 0 amide bonds. The largest absolute Gasteiger partial charge is 0.332 e. The van der Waals surface area contributed by atoms with Crippen molar-refractivity contribution in [3.8, 4) is 0 Å². The first-order chi connectivity index (χ1) is 9.92. The Morgan fingerprint density at radius 3 is 2.48 bits per heavy atom. The zero-order chi connectivity index (χ0) is 15.7. The van der Waals surface area contributed by atoms with Gasteiger partial charge in [-0.15, -0.1) is 11.8 Å². The van der Waals surface area contributed by atoms with Gasteiger partial charge < -0.3 is 0 Å². The third kappa shape index (κ3) is 2.64. The third-order valence-corrected chi connectivity index (χ3v) is 5.21. The average Bonchev–Trinajstić information content (AvgIpc) is 2.50. The van der Waals surface area contributed by atoms with Crippen LogP contribution in [0.1, 0.15) is 32.8 Å². The minimum Gasteiger partial charge on any atom is -0.280 e. The van der Waals surface area contributed by atoms with Crippen LogP contribution in [0.5, 0.6) is 0 Å². The summed E-state index contributed by atoms with van der Waals surface area (Å²) in [6, 6.07) is 0. The average molecular weight is 307 g/mol. The van der Waals surface area contributed by atoms with E-state index in [4.69, 9.17) is 0 Å². The van der Waals surface area contributed by atoms with E-state index in [-0.39, 0.29) is 11.2 Å². The normalized spacial score (nSPS) is 12.8. The molecule has 0 bridgehead atoms. The first-order valence-corrected chi connectivity index (χ1v) is 8.04. The molecule has 0 saturated carbocycles. The minimum atomic E-state index is -0.344. The van der Waals surface area contributed by atoms with Crippen LogP contribution in [-0.4, -0.2) is 19.4 Å². The standard InChI is InChI=1S/C15H21N3O2S/c1-6-9(3)21-12-10(7-2)8-16-13-11(12)14(19)18(5)15(20)17(13)4/h8-9H,6-7H2,1-5H3/t9-/m1/s1. The lowest BCUT2D eigenvalue weighted by atomic mass is 10.2. The minimum absolute atomic E-state index is 0.262. The van der Waals surface area contributed by atoms with Gasteiger partial charge in [0.15, 0.2) is 0 Å². The highest BCUT2D eigenvalue weighted by Gasteiger charge is 2.18. The number of hydrogen-bond acceptors (Lipinski definition) is 4. The third-order valence-electron chi connectivity index (χ3n) is 3.77. The lowest BCUT2D eigenvalue weighted by Crippen LogP contribution is -2.37. The molecule has 2 aromatic rings. The first-order valence-electron chi connectivity index (χ1n) is 7.16. The Bertz CT molecular complexity index is 792. The monoisotopic (exact) mass is 307 g/mol. The van der Waals surface area contributed by atoms with Crippen molar-refractivity contribution in [2.45, 2.75) is 43.8 Å². The molecule has 114 valence electrons. The molecule has 2 aromatic heterocycles. The molecule has 0 N–H and O–H groups in total. The summed E-state index contributed by atoms with van der Waals surface area (Å²) in [6.45, 7) is 6.32. The second-order valence-electron chi connectivity index (χ2n) is 5.21. The van der Waals surface area contributed by atoms with Crippen molar-refractivity contribution in [3.05, 3.63) is 32.6 Å². The van der Waals surface area contributed by atoms with Crippen LogP contribution in [0.3, 0.4) is 0 Å². The number of aryl methyl sites for hydroxylation is 2. The quantitative estimate of drug-likeness (QED) is 0.812. The Labute approximate surface area is 128 Å². The van der Waals surface area contributed by atoms with E-state index < -0.39 is 0 Å². The maximum absolute atomic E-state index is 12.6. The van der Waals surface area contributed by atoms with Crippen molar-refractivity contribution in [1.82, 2.24) is 14.1 Å². The van der Waals surface area contributed by atoms with Gasteiger partial charge in [-0.3, -0.25) is 13.9 Å². The van der Waals surface area contributed by atoms with Crippen LogP contribution in [0.4, 0.5) is 0 Å². The van der Waals surface area contributed by atoms with Gasteiger partial charge in [0.05, 0.1) is 5.39 Å². The van der Waals surface area contributed by atoms with E-state index in [9.17, 15) is 9.59 Å². The molecule has 21 heavy (non-hydrogen) atoms. The van der Waals surface area contributed by atoms with Gasteiger partial charge in [-0.05, 0) is 18.4 Å². The van der Waals surface area contributed by atoms with Crippen molar-refractivity contribution in [1.29, 1.82) is 0 Å². The Morgan fingerprint density at radius 2 is 1.90 bits per heavy atom. The van der Waals surface area contributed by atoms with Crippen LogP contribution in [0, 0.1) is 0 Å². The van der Waals surface area contributed by atoms with Crippen molar-refractivity contribution in [2.75, 3.05) is 0 Å². The van der Waals surface area contributed by atoms with Gasteiger partial charge in [0, 0.05) is 30.4 Å². The van der Waals surface area contributed by atoms with Crippen LogP contribution in [-0.2, 0) is 20.5 Å². The molecule has 0 radical (unpaired) electrons. The van der Waals surface area contributed by atoms with Crippen molar-refractivity contribution in [3.63, 3.8) is 0 Å². The van der Waals surface area contributed by atoms with E-state index in [1.165, 1.54) is 11.6 Å². The number of aromatic nitrogens is 3. The molecule has 0 aliphatic carbocycles. The van der Waals surface area contributed by atoms with Crippen LogP contribution < -0.4 is 11.2 Å². The Kier molecular flexibility index (Phi) is 4.56. The maximum Gasteiger partial charge on any atom is 0.332 e. The Hall–Kier alpha value is -1.56. The fourth-order valence-corrected chi connectivity index (χ4v) is 3.43. The molecule has 0 spiro atoms. The fraction of sp³-hybridized carbons (Fsp3) is 0.533. The van der Waals surface area contributed by atoms with Crippen molar-refractivity contribution >= 4 is 22.8 Å². The van der Waals surface area contributed by atoms with Gasteiger partial charge in [-0.1, -0.05) is 20.8 Å². The predicted molar refractivity (Wildman–Crippen MR) is 87.2 cm³/mol. The molecule has 5 nitrogen and oxygen atoms in total. The van der Waals surface area contributed by atoms with Crippen LogP contribution >= 0.6 is 11.8 Å². The van der Waals surface area contributed by atoms with Crippen LogP contribution in [0.25, 0.3) is 11.0 Å². The second-order valence-corrected chi connectivity index (χ2v) is 6.66. The Morgan fingerprint density at radius 1 is 1.24 bits per heavy atom. The summed E-state index contributed by atoms with van der Waals surface area (Å²) in [5.41, 5.74) is 0.917. The van der Waals surface area contributed by atoms with E-state index in [1.54, 1.807) is 25.0 Å². The topological polar surface area (TPSA) is 56.9 Å². The maximum atomic E-state index is 12.6. The fourth-order valence-electron chi connectivity index (χ4n) is 2.21. The molecular formula is C15H21N3O2S. The highest BCUT2D eigenvalue weighted by Crippen LogP contribution is 2.32. The summed E-state index contributed by atoms with van der Waals surface area (Å²) in [6.07, 6.45) is 3.61. The van der Waals surface area contributed by atoms with Gasteiger partial charge in [-0.25, -0.2) is 9.78 Å². The van der Waals surface area contributed by atoms with Gasteiger partial charge in [0.2, 0.25) is 0 Å². The van der Waals surface area contributed by atoms with Crippen LogP contribution in [0.15, 0.2) is 20.7 Å². The molecule has 0 unspecified atom stereocenters. The summed E-state index contributed by atoms with van der Waals surface area (Å²) in [5.74, 6) is 0. The van der Waals surface area contributed by atoms with E-state index in [0.29, 0.717) is 16.3 Å². The predicted octanol–water partition coefficient (Wildman–Crippen LogP) is 2.09. The summed E-state index contributed by atoms with van der Waals surface area (Å²) >= 11 is 1.69.